The molecule has 1 saturated heterocycles. The molecular weight excluding hydrogens is 349 g/mol. The summed E-state index contributed by atoms with van der Waals surface area (Å²) in [4.78, 5) is 0. The first-order valence-electron chi connectivity index (χ1n) is 5.89. The first-order valence-corrected chi connectivity index (χ1v) is 9.89. The van der Waals surface area contributed by atoms with Crippen LogP contribution >= 0.6 is 19.1 Å². The number of halogens is 2. The molecule has 0 aromatic carbocycles. The van der Waals surface area contributed by atoms with Gasteiger partial charge >= 0.3 is 35.0 Å². The van der Waals surface area contributed by atoms with Crippen LogP contribution in [0.5, 0.6) is 0 Å². The van der Waals surface area contributed by atoms with Crippen LogP contribution in [0.25, 0.3) is 10.6 Å². The molecule has 0 N–H and O–H groups in total. The molecule has 0 aliphatic carbocycles. The third kappa shape index (κ3) is 7.49. The minimum absolute atomic E-state index is 0.106. The van der Waals surface area contributed by atoms with Crippen LogP contribution < -0.4 is 0 Å². The zero-order chi connectivity index (χ0) is 12.3. The molecule has 2 aliphatic rings. The van der Waals surface area contributed by atoms with Crippen molar-refractivity contribution in [3.8, 4) is 0 Å². The Morgan fingerprint density at radius 3 is 2.76 bits per heavy atom. The van der Waals surface area contributed by atoms with Crippen molar-refractivity contribution in [3.05, 3.63) is 34.6 Å². The van der Waals surface area contributed by atoms with Gasteiger partial charge in [-0.15, -0.1) is 25.2 Å². The van der Waals surface area contributed by atoms with Crippen molar-refractivity contribution >= 4 is 19.1 Å². The molecule has 2 heterocycles. The molecule has 0 spiro atoms. The normalized spacial score (nSPS) is 23.4. The van der Waals surface area contributed by atoms with Crippen molar-refractivity contribution in [2.24, 2.45) is 0 Å². The number of hydrogen-bond acceptors (Lipinski definition) is 0. The fourth-order valence-electron chi connectivity index (χ4n) is 2.03. The van der Waals surface area contributed by atoms with Crippen molar-refractivity contribution in [2.75, 3.05) is 13.1 Å². The number of nitrogens with zero attached hydrogens (tertiary/aromatic N) is 2. The van der Waals surface area contributed by atoms with Crippen molar-refractivity contribution < 1.29 is 15.9 Å². The maximum absolute atomic E-state index is 4.81. The first kappa shape index (κ1) is 15.5. The van der Waals surface area contributed by atoms with Gasteiger partial charge in [-0.3, -0.25) is 0 Å². The quantitative estimate of drug-likeness (QED) is 0.635. The van der Waals surface area contributed by atoms with Gasteiger partial charge in [-0.05, 0) is 0 Å². The van der Waals surface area contributed by atoms with E-state index in [0.717, 1.165) is 19.5 Å². The summed E-state index contributed by atoms with van der Waals surface area (Å²) in [5, 5.41) is 9.07. The molecule has 0 aromatic heterocycles. The van der Waals surface area contributed by atoms with Crippen LogP contribution in [0.4, 0.5) is 0 Å². The Morgan fingerprint density at radius 1 is 1.35 bits per heavy atom. The molecule has 0 amide bonds. The average molecular weight is 368 g/mol. The Morgan fingerprint density at radius 2 is 2.18 bits per heavy atom. The third-order valence-corrected chi connectivity index (χ3v) is 2.89. The molecule has 2 aliphatic heterocycles. The fourth-order valence-corrected chi connectivity index (χ4v) is 2.03. The molecule has 1 unspecified atom stereocenters. The van der Waals surface area contributed by atoms with Gasteiger partial charge in [0, 0.05) is 0 Å². The number of hydrogen-bond donors (Lipinski definition) is 0. The Labute approximate surface area is 120 Å². The zero-order valence-electron chi connectivity index (χ0n) is 9.73. The van der Waals surface area contributed by atoms with Crippen molar-refractivity contribution in [3.63, 3.8) is 0 Å². The van der Waals surface area contributed by atoms with Crippen LogP contribution in [0.15, 0.2) is 23.9 Å². The van der Waals surface area contributed by atoms with Gasteiger partial charge in [0.05, 0.1) is 0 Å². The van der Waals surface area contributed by atoms with Crippen molar-refractivity contribution in [1.29, 1.82) is 0 Å². The molecule has 2 rings (SSSR count). The van der Waals surface area contributed by atoms with Gasteiger partial charge in [-0.1, -0.05) is 44.3 Å². The van der Waals surface area contributed by atoms with Crippen LogP contribution in [0.3, 0.4) is 0 Å². The summed E-state index contributed by atoms with van der Waals surface area (Å²) >= 11 is -0.106. The minimum atomic E-state index is -0.106. The third-order valence-electron chi connectivity index (χ3n) is 2.89. The second-order valence-corrected chi connectivity index (χ2v) is 6.43. The summed E-state index contributed by atoms with van der Waals surface area (Å²) in [6.07, 6.45) is 12.6. The zero-order valence-corrected chi connectivity index (χ0v) is 12.8. The molecule has 1 atom stereocenters. The Balaban J connectivity index is 0.000000437. The van der Waals surface area contributed by atoms with Gasteiger partial charge in [0.25, 0.3) is 0 Å². The summed E-state index contributed by atoms with van der Waals surface area (Å²) in [7, 11) is 9.63. The second kappa shape index (κ2) is 10.4. The predicted octanol–water partition coefficient (Wildman–Crippen LogP) is 4.90. The molecule has 2 nitrogen and oxygen atoms in total. The van der Waals surface area contributed by atoms with E-state index in [9.17, 15) is 0 Å². The van der Waals surface area contributed by atoms with E-state index in [-0.39, 0.29) is 15.9 Å². The monoisotopic (exact) mass is 366 g/mol. The molecule has 17 heavy (non-hydrogen) atoms. The van der Waals surface area contributed by atoms with Crippen LogP contribution in [0.1, 0.15) is 32.1 Å². The van der Waals surface area contributed by atoms with E-state index in [4.69, 9.17) is 19.1 Å². The summed E-state index contributed by atoms with van der Waals surface area (Å²) in [5.74, 6) is 0. The van der Waals surface area contributed by atoms with E-state index in [1.165, 1.54) is 31.4 Å². The summed E-state index contributed by atoms with van der Waals surface area (Å²) in [6, 6.07) is 0.616. The molecule has 5 heteroatoms. The SMILES string of the molecule is C1=CC[N-]C(CCC2CCCC[N-]2)=C1.[Cl][Pd][Cl]. The van der Waals surface area contributed by atoms with Gasteiger partial charge < -0.3 is 10.6 Å². The van der Waals surface area contributed by atoms with Crippen molar-refractivity contribution in [1.82, 2.24) is 0 Å². The van der Waals surface area contributed by atoms with Crippen LogP contribution in [-0.2, 0) is 15.9 Å². The number of allylic oxidation sites excluding steroid dienone is 3. The van der Waals surface area contributed by atoms with E-state index >= 15 is 0 Å². The van der Waals surface area contributed by atoms with E-state index < -0.39 is 0 Å². The Kier molecular flexibility index (Phi) is 9.51. The van der Waals surface area contributed by atoms with Gasteiger partial charge in [0.15, 0.2) is 0 Å². The number of piperidine rings is 1. The molecule has 0 saturated carbocycles. The maximum atomic E-state index is 4.81. The predicted molar refractivity (Wildman–Crippen MR) is 72.3 cm³/mol. The second-order valence-electron chi connectivity index (χ2n) is 4.07. The van der Waals surface area contributed by atoms with Gasteiger partial charge in [0.2, 0.25) is 0 Å². The number of rotatable bonds is 3. The molecule has 0 radical (unpaired) electrons. The van der Waals surface area contributed by atoms with Crippen molar-refractivity contribution in [2.45, 2.75) is 38.1 Å². The topological polar surface area (TPSA) is 28.2 Å². The fraction of sp³-hybridized carbons (Fsp3) is 0.667. The summed E-state index contributed by atoms with van der Waals surface area (Å²) in [5.41, 5.74) is 1.26. The van der Waals surface area contributed by atoms with E-state index in [0.29, 0.717) is 6.04 Å². The van der Waals surface area contributed by atoms with Crippen LogP contribution in [0.2, 0.25) is 0 Å². The molecule has 0 aromatic rings. The van der Waals surface area contributed by atoms with Gasteiger partial charge in [-0.2, -0.15) is 5.70 Å². The summed E-state index contributed by atoms with van der Waals surface area (Å²) in [6.45, 7) is 1.95. The Bertz CT molecular complexity index is 251. The van der Waals surface area contributed by atoms with Crippen LogP contribution in [0, 0.1) is 0 Å². The van der Waals surface area contributed by atoms with Gasteiger partial charge in [0.1, 0.15) is 0 Å². The van der Waals surface area contributed by atoms with E-state index in [1.54, 1.807) is 0 Å². The molecule has 0 bridgehead atoms. The molecular formula is C12H18Cl2N2Pd-2. The standard InChI is InChI=1S/C12H18N2.2ClH.Pd/c1-3-9-13-11(5-1)7-8-12-6-2-4-10-14-12;;;/h1,3,5,12H,2,4,6-10H2;2*1H;/q-2;;;+2/p-2. The summed E-state index contributed by atoms with van der Waals surface area (Å²) < 4.78 is 0. The van der Waals surface area contributed by atoms with E-state index in [2.05, 4.69) is 28.9 Å². The molecule has 1 fully saturated rings. The Hall–Kier alpha value is 0.482. The average Bonchev–Trinajstić information content (AvgIpc) is 2.40. The first-order chi connectivity index (χ1) is 8.36. The van der Waals surface area contributed by atoms with E-state index in [1.807, 2.05) is 0 Å². The van der Waals surface area contributed by atoms with Crippen LogP contribution in [-0.4, -0.2) is 19.1 Å². The molecule has 102 valence electrons. The van der Waals surface area contributed by atoms with Gasteiger partial charge in [-0.25, -0.2) is 0 Å².